The first-order valence-electron chi connectivity index (χ1n) is 8.69. The van der Waals surface area contributed by atoms with E-state index in [1.54, 1.807) is 23.6 Å². The van der Waals surface area contributed by atoms with Gasteiger partial charge < -0.3 is 25.3 Å². The van der Waals surface area contributed by atoms with Crippen LogP contribution in [0.3, 0.4) is 0 Å². The van der Waals surface area contributed by atoms with Crippen LogP contribution < -0.4 is 20.5 Å². The Hall–Kier alpha value is -3.40. The summed E-state index contributed by atoms with van der Waals surface area (Å²) in [6.07, 6.45) is -0.247. The Morgan fingerprint density at radius 3 is 2.59 bits per heavy atom. The first kappa shape index (κ1) is 20.3. The van der Waals surface area contributed by atoms with Crippen LogP contribution in [0.1, 0.15) is 33.6 Å². The Morgan fingerprint density at radius 1 is 1.07 bits per heavy atom. The molecule has 0 atom stereocenters. The molecule has 3 rings (SSSR count). The zero-order valence-electron chi connectivity index (χ0n) is 15.3. The van der Waals surface area contributed by atoms with Gasteiger partial charge in [-0.1, -0.05) is 0 Å². The van der Waals surface area contributed by atoms with Crippen LogP contribution in [0.15, 0.2) is 29.6 Å². The Bertz CT molecular complexity index is 954. The molecule has 2 amide bonds. The van der Waals surface area contributed by atoms with E-state index in [-0.39, 0.29) is 29.2 Å². The number of rotatable bonds is 8. The quantitative estimate of drug-likeness (QED) is 0.493. The number of primary amides is 1. The fourth-order valence-electron chi connectivity index (χ4n) is 2.56. The van der Waals surface area contributed by atoms with E-state index in [2.05, 4.69) is 5.32 Å². The summed E-state index contributed by atoms with van der Waals surface area (Å²) in [4.78, 5) is 47.2. The van der Waals surface area contributed by atoms with E-state index < -0.39 is 24.4 Å². The van der Waals surface area contributed by atoms with E-state index in [0.29, 0.717) is 30.3 Å². The largest absolute Gasteiger partial charge is 0.486 e. The number of ketones is 1. The molecule has 0 saturated heterocycles. The number of anilines is 1. The van der Waals surface area contributed by atoms with Crippen molar-refractivity contribution in [3.05, 3.63) is 40.8 Å². The van der Waals surface area contributed by atoms with Gasteiger partial charge in [-0.05, 0) is 29.6 Å². The fourth-order valence-corrected chi connectivity index (χ4v) is 3.37. The molecule has 0 radical (unpaired) electrons. The highest BCUT2D eigenvalue weighted by molar-refractivity contribution is 7.14. The zero-order chi connectivity index (χ0) is 20.8. The van der Waals surface area contributed by atoms with E-state index in [1.165, 1.54) is 6.07 Å². The second-order valence-electron chi connectivity index (χ2n) is 6.02. The average Bonchev–Trinajstić information content (AvgIpc) is 3.18. The van der Waals surface area contributed by atoms with E-state index in [4.69, 9.17) is 19.9 Å². The molecule has 0 fully saturated rings. The van der Waals surface area contributed by atoms with Gasteiger partial charge in [0.1, 0.15) is 18.2 Å². The lowest BCUT2D eigenvalue weighted by molar-refractivity contribution is -0.147. The van der Waals surface area contributed by atoms with Crippen LogP contribution in [0, 0.1) is 0 Å². The molecule has 29 heavy (non-hydrogen) atoms. The third-order valence-corrected chi connectivity index (χ3v) is 4.80. The Balaban J connectivity index is 1.43. The van der Waals surface area contributed by atoms with E-state index >= 15 is 0 Å². The lowest BCUT2D eigenvalue weighted by Crippen LogP contribution is -2.22. The number of ether oxygens (including phenoxy) is 3. The summed E-state index contributed by atoms with van der Waals surface area (Å²) in [6.45, 7) is 0.328. The van der Waals surface area contributed by atoms with Crippen molar-refractivity contribution in [3.8, 4) is 11.5 Å². The fraction of sp³-hybridized carbons (Fsp3) is 0.263. The van der Waals surface area contributed by atoms with Gasteiger partial charge in [0, 0.05) is 12.0 Å². The highest BCUT2D eigenvalue weighted by Gasteiger charge is 2.17. The first-order chi connectivity index (χ1) is 13.9. The van der Waals surface area contributed by atoms with Gasteiger partial charge in [-0.2, -0.15) is 0 Å². The number of carbonyl (C=O) groups excluding carboxylic acids is 4. The molecule has 1 aromatic heterocycles. The molecule has 3 N–H and O–H groups in total. The molecule has 0 bridgehead atoms. The van der Waals surface area contributed by atoms with Crippen molar-refractivity contribution >= 4 is 39.9 Å². The van der Waals surface area contributed by atoms with Crippen molar-refractivity contribution in [2.24, 2.45) is 5.73 Å². The number of fused-ring (bicyclic) bond motifs is 1. The molecular weight excluding hydrogens is 400 g/mol. The Labute approximate surface area is 169 Å². The third kappa shape index (κ3) is 5.32. The molecule has 0 unspecified atom stereocenters. The van der Waals surface area contributed by atoms with Crippen LogP contribution in [-0.4, -0.2) is 43.4 Å². The maximum Gasteiger partial charge on any atom is 0.306 e. The number of nitrogens with two attached hydrogens (primary N) is 1. The lowest BCUT2D eigenvalue weighted by Gasteiger charge is -2.18. The minimum Gasteiger partial charge on any atom is -0.486 e. The monoisotopic (exact) mass is 418 g/mol. The van der Waals surface area contributed by atoms with Gasteiger partial charge in [-0.3, -0.25) is 19.2 Å². The normalized spacial score (nSPS) is 12.1. The second-order valence-corrected chi connectivity index (χ2v) is 6.93. The molecule has 1 aliphatic rings. The van der Waals surface area contributed by atoms with Gasteiger partial charge in [-0.15, -0.1) is 11.3 Å². The van der Waals surface area contributed by atoms with Crippen molar-refractivity contribution < 1.29 is 33.4 Å². The van der Waals surface area contributed by atoms with Crippen molar-refractivity contribution in [1.29, 1.82) is 0 Å². The number of Topliss-reactive ketones (excluding diaryl/α,β-unsaturated/α-hetero) is 1. The predicted molar refractivity (Wildman–Crippen MR) is 103 cm³/mol. The summed E-state index contributed by atoms with van der Waals surface area (Å²) in [5, 5.41) is 4.34. The number of carbonyl (C=O) groups is 4. The standard InChI is InChI=1S/C19H18N2O7S/c20-18(25)12-5-8-29-19(12)21-16(23)10-28-17(24)4-2-13(22)11-1-3-14-15(9-11)27-7-6-26-14/h1,3,5,8-9H,2,4,6-7,10H2,(H2,20,25)(H,21,23). The molecule has 0 aliphatic carbocycles. The minimum absolute atomic E-state index is 0.0726. The number of hydrogen-bond donors (Lipinski definition) is 2. The number of hydrogen-bond acceptors (Lipinski definition) is 8. The Kier molecular flexibility index (Phi) is 6.45. The second kappa shape index (κ2) is 9.20. The van der Waals surface area contributed by atoms with Crippen LogP contribution in [0.2, 0.25) is 0 Å². The van der Waals surface area contributed by atoms with Crippen LogP contribution >= 0.6 is 11.3 Å². The zero-order valence-corrected chi connectivity index (χ0v) is 16.1. The number of thiophene rings is 1. The minimum atomic E-state index is -0.688. The van der Waals surface area contributed by atoms with Gasteiger partial charge in [0.2, 0.25) is 0 Å². The maximum atomic E-state index is 12.3. The molecule has 2 heterocycles. The summed E-state index contributed by atoms with van der Waals surface area (Å²) in [5.74, 6) is -1.16. The number of nitrogens with one attached hydrogen (secondary N) is 1. The molecule has 0 saturated carbocycles. The van der Waals surface area contributed by atoms with Crippen molar-refractivity contribution in [1.82, 2.24) is 0 Å². The molecule has 9 nitrogen and oxygen atoms in total. The Morgan fingerprint density at radius 2 is 1.83 bits per heavy atom. The number of amides is 2. The number of benzene rings is 1. The summed E-state index contributed by atoms with van der Waals surface area (Å²) in [7, 11) is 0. The van der Waals surface area contributed by atoms with Gasteiger partial charge in [0.25, 0.3) is 11.8 Å². The van der Waals surface area contributed by atoms with E-state index in [1.807, 2.05) is 0 Å². The smallest absolute Gasteiger partial charge is 0.306 e. The summed E-state index contributed by atoms with van der Waals surface area (Å²) in [5.41, 5.74) is 5.77. The van der Waals surface area contributed by atoms with Gasteiger partial charge in [-0.25, -0.2) is 0 Å². The van der Waals surface area contributed by atoms with Crippen LogP contribution in [-0.2, 0) is 14.3 Å². The molecule has 10 heteroatoms. The average molecular weight is 418 g/mol. The summed E-state index contributed by atoms with van der Waals surface area (Å²) in [6, 6.07) is 6.31. The third-order valence-electron chi connectivity index (χ3n) is 3.97. The first-order valence-corrected chi connectivity index (χ1v) is 9.57. The molecule has 152 valence electrons. The molecule has 0 spiro atoms. The van der Waals surface area contributed by atoms with E-state index in [0.717, 1.165) is 11.3 Å². The highest BCUT2D eigenvalue weighted by atomic mass is 32.1. The molecular formula is C19H18N2O7S. The van der Waals surface area contributed by atoms with Crippen molar-refractivity contribution in [2.45, 2.75) is 12.8 Å². The van der Waals surface area contributed by atoms with Gasteiger partial charge >= 0.3 is 5.97 Å². The SMILES string of the molecule is NC(=O)c1ccsc1NC(=O)COC(=O)CCC(=O)c1ccc2c(c1)OCCO2. The lowest BCUT2D eigenvalue weighted by atomic mass is 10.1. The predicted octanol–water partition coefficient (Wildman–Crippen LogP) is 1.76. The van der Waals surface area contributed by atoms with E-state index in [9.17, 15) is 19.2 Å². The van der Waals surface area contributed by atoms with Crippen LogP contribution in [0.25, 0.3) is 0 Å². The summed E-state index contributed by atoms with van der Waals surface area (Å²) < 4.78 is 15.7. The summed E-state index contributed by atoms with van der Waals surface area (Å²) >= 11 is 1.12. The topological polar surface area (TPSA) is 134 Å². The van der Waals surface area contributed by atoms with Crippen LogP contribution in [0.5, 0.6) is 11.5 Å². The van der Waals surface area contributed by atoms with Crippen molar-refractivity contribution in [2.75, 3.05) is 25.1 Å². The molecule has 1 aromatic carbocycles. The molecule has 1 aliphatic heterocycles. The highest BCUT2D eigenvalue weighted by Crippen LogP contribution is 2.31. The van der Waals surface area contributed by atoms with Crippen LogP contribution in [0.4, 0.5) is 5.00 Å². The maximum absolute atomic E-state index is 12.3. The van der Waals surface area contributed by atoms with Gasteiger partial charge in [0.15, 0.2) is 23.9 Å². The number of esters is 1. The van der Waals surface area contributed by atoms with Crippen molar-refractivity contribution in [3.63, 3.8) is 0 Å². The molecule has 2 aromatic rings. The van der Waals surface area contributed by atoms with Gasteiger partial charge in [0.05, 0.1) is 12.0 Å².